The number of benzene rings is 1. The van der Waals surface area contributed by atoms with E-state index in [0.29, 0.717) is 18.0 Å². The van der Waals surface area contributed by atoms with E-state index in [1.165, 1.54) is 12.1 Å². The molecule has 2 amide bonds. The standard InChI is InChI=1S/C14H21N3O4/c1-9(2)6-12(18)8-15-14(19)16-13-7-11(17(20)21)5-4-10(13)3/h4-5,7,9,12,18H,6,8H2,1-3H3,(H2,15,16,19). The minimum absolute atomic E-state index is 0.0873. The number of amides is 2. The van der Waals surface area contributed by atoms with E-state index < -0.39 is 17.1 Å². The zero-order chi connectivity index (χ0) is 16.0. The van der Waals surface area contributed by atoms with Gasteiger partial charge in [-0.05, 0) is 24.8 Å². The first-order chi connectivity index (χ1) is 9.79. The first kappa shape index (κ1) is 16.9. The van der Waals surface area contributed by atoms with Crippen molar-refractivity contribution in [3.05, 3.63) is 33.9 Å². The van der Waals surface area contributed by atoms with Crippen LogP contribution in [0.1, 0.15) is 25.8 Å². The summed E-state index contributed by atoms with van der Waals surface area (Å²) in [6, 6.07) is 3.76. The number of urea groups is 1. The van der Waals surface area contributed by atoms with Crippen molar-refractivity contribution in [1.82, 2.24) is 5.32 Å². The molecule has 0 aromatic heterocycles. The quantitative estimate of drug-likeness (QED) is 0.553. The normalized spacial score (nSPS) is 12.0. The molecule has 0 fully saturated rings. The fraction of sp³-hybridized carbons (Fsp3) is 0.500. The maximum atomic E-state index is 11.7. The van der Waals surface area contributed by atoms with Crippen LogP contribution in [0.25, 0.3) is 0 Å². The van der Waals surface area contributed by atoms with Gasteiger partial charge in [-0.15, -0.1) is 0 Å². The molecule has 0 aliphatic heterocycles. The first-order valence-electron chi connectivity index (χ1n) is 6.77. The Bertz CT molecular complexity index is 517. The van der Waals surface area contributed by atoms with Crippen LogP contribution in [0.15, 0.2) is 18.2 Å². The molecule has 3 N–H and O–H groups in total. The molecule has 0 aliphatic carbocycles. The highest BCUT2D eigenvalue weighted by molar-refractivity contribution is 5.90. The second kappa shape index (κ2) is 7.58. The zero-order valence-corrected chi connectivity index (χ0v) is 12.4. The smallest absolute Gasteiger partial charge is 0.319 e. The van der Waals surface area contributed by atoms with E-state index in [9.17, 15) is 20.0 Å². The van der Waals surface area contributed by atoms with Gasteiger partial charge in [0.25, 0.3) is 5.69 Å². The molecule has 0 heterocycles. The molecule has 1 atom stereocenters. The average molecular weight is 295 g/mol. The van der Waals surface area contributed by atoms with Crippen molar-refractivity contribution in [3.63, 3.8) is 0 Å². The minimum Gasteiger partial charge on any atom is -0.391 e. The van der Waals surface area contributed by atoms with Crippen LogP contribution in [0.5, 0.6) is 0 Å². The maximum absolute atomic E-state index is 11.7. The molecule has 116 valence electrons. The predicted octanol–water partition coefficient (Wildman–Crippen LogP) is 2.43. The van der Waals surface area contributed by atoms with Crippen LogP contribution in [0.4, 0.5) is 16.2 Å². The highest BCUT2D eigenvalue weighted by atomic mass is 16.6. The molecule has 0 bridgehead atoms. The number of nitro groups is 1. The van der Waals surface area contributed by atoms with Crippen LogP contribution in [0.3, 0.4) is 0 Å². The van der Waals surface area contributed by atoms with E-state index in [4.69, 9.17) is 0 Å². The van der Waals surface area contributed by atoms with Gasteiger partial charge < -0.3 is 15.7 Å². The fourth-order valence-electron chi connectivity index (χ4n) is 1.86. The molecule has 21 heavy (non-hydrogen) atoms. The van der Waals surface area contributed by atoms with Crippen molar-refractivity contribution >= 4 is 17.4 Å². The molecule has 7 heteroatoms. The summed E-state index contributed by atoms with van der Waals surface area (Å²) >= 11 is 0. The van der Waals surface area contributed by atoms with Crippen LogP contribution in [-0.2, 0) is 0 Å². The highest BCUT2D eigenvalue weighted by Gasteiger charge is 2.12. The Hall–Kier alpha value is -2.15. The molecule has 0 spiro atoms. The van der Waals surface area contributed by atoms with Crippen LogP contribution in [0.2, 0.25) is 0 Å². The lowest BCUT2D eigenvalue weighted by Gasteiger charge is -2.15. The summed E-state index contributed by atoms with van der Waals surface area (Å²) in [5.74, 6) is 0.337. The fourth-order valence-corrected chi connectivity index (χ4v) is 1.86. The van der Waals surface area contributed by atoms with E-state index in [1.807, 2.05) is 13.8 Å². The van der Waals surface area contributed by atoms with Crippen LogP contribution < -0.4 is 10.6 Å². The lowest BCUT2D eigenvalue weighted by atomic mass is 10.1. The summed E-state index contributed by atoms with van der Waals surface area (Å²) in [7, 11) is 0. The van der Waals surface area contributed by atoms with Gasteiger partial charge in [0.2, 0.25) is 0 Å². The van der Waals surface area contributed by atoms with Crippen molar-refractivity contribution < 1.29 is 14.8 Å². The number of nitrogens with zero attached hydrogens (tertiary/aromatic N) is 1. The maximum Gasteiger partial charge on any atom is 0.319 e. The molecule has 0 radical (unpaired) electrons. The number of anilines is 1. The van der Waals surface area contributed by atoms with Crippen molar-refractivity contribution in [2.45, 2.75) is 33.3 Å². The van der Waals surface area contributed by atoms with Gasteiger partial charge in [-0.2, -0.15) is 0 Å². The highest BCUT2D eigenvalue weighted by Crippen LogP contribution is 2.21. The minimum atomic E-state index is -0.609. The zero-order valence-electron chi connectivity index (χ0n) is 12.4. The van der Waals surface area contributed by atoms with Crippen LogP contribution in [0, 0.1) is 23.0 Å². The Kier molecular flexibility index (Phi) is 6.10. The van der Waals surface area contributed by atoms with Crippen LogP contribution in [-0.4, -0.2) is 28.7 Å². The number of aliphatic hydroxyl groups is 1. The molecule has 1 unspecified atom stereocenters. The Morgan fingerprint density at radius 3 is 2.67 bits per heavy atom. The third kappa shape index (κ3) is 5.78. The summed E-state index contributed by atoms with van der Waals surface area (Å²) in [4.78, 5) is 21.9. The number of carbonyl (C=O) groups excluding carboxylic acids is 1. The number of hydrogen-bond acceptors (Lipinski definition) is 4. The number of carbonyl (C=O) groups is 1. The number of non-ortho nitro benzene ring substituents is 1. The third-order valence-electron chi connectivity index (χ3n) is 2.92. The van der Waals surface area contributed by atoms with Crippen molar-refractivity contribution in [1.29, 1.82) is 0 Å². The molecule has 0 aliphatic rings. The first-order valence-corrected chi connectivity index (χ1v) is 6.77. The van der Waals surface area contributed by atoms with Gasteiger partial charge in [-0.3, -0.25) is 10.1 Å². The molecule has 1 aromatic carbocycles. The van der Waals surface area contributed by atoms with Gasteiger partial charge in [0.05, 0.1) is 16.7 Å². The molecule has 0 saturated heterocycles. The van der Waals surface area contributed by atoms with Gasteiger partial charge in [-0.25, -0.2) is 4.79 Å². The average Bonchev–Trinajstić information content (AvgIpc) is 2.38. The molecule has 1 rings (SSSR count). The molecule has 7 nitrogen and oxygen atoms in total. The number of aryl methyl sites for hydroxylation is 1. The van der Waals surface area contributed by atoms with E-state index in [2.05, 4.69) is 10.6 Å². The van der Waals surface area contributed by atoms with Gasteiger partial charge in [0.15, 0.2) is 0 Å². The largest absolute Gasteiger partial charge is 0.391 e. The van der Waals surface area contributed by atoms with Gasteiger partial charge >= 0.3 is 6.03 Å². The molecular weight excluding hydrogens is 274 g/mol. The summed E-state index contributed by atoms with van der Waals surface area (Å²) in [5.41, 5.74) is 1.01. The summed E-state index contributed by atoms with van der Waals surface area (Å²) < 4.78 is 0. The second-order valence-electron chi connectivity index (χ2n) is 5.37. The van der Waals surface area contributed by atoms with Gasteiger partial charge in [0.1, 0.15) is 0 Å². The summed E-state index contributed by atoms with van der Waals surface area (Å²) in [5, 5.41) is 25.5. The Labute approximate surface area is 123 Å². The van der Waals surface area contributed by atoms with E-state index in [0.717, 1.165) is 5.56 Å². The Balaban J connectivity index is 2.58. The summed E-state index contributed by atoms with van der Waals surface area (Å²) in [6.07, 6.45) is -0.0159. The number of rotatable bonds is 6. The van der Waals surface area contributed by atoms with E-state index in [1.54, 1.807) is 13.0 Å². The Morgan fingerprint density at radius 1 is 1.43 bits per heavy atom. The lowest BCUT2D eigenvalue weighted by Crippen LogP contribution is -2.35. The van der Waals surface area contributed by atoms with Crippen LogP contribution >= 0.6 is 0 Å². The number of nitrogens with one attached hydrogen (secondary N) is 2. The van der Waals surface area contributed by atoms with Crippen molar-refractivity contribution in [2.24, 2.45) is 5.92 Å². The number of nitro benzene ring substituents is 1. The van der Waals surface area contributed by atoms with Gasteiger partial charge in [0, 0.05) is 18.7 Å². The lowest BCUT2D eigenvalue weighted by molar-refractivity contribution is -0.384. The van der Waals surface area contributed by atoms with Gasteiger partial charge in [-0.1, -0.05) is 19.9 Å². The predicted molar refractivity (Wildman–Crippen MR) is 80.3 cm³/mol. The molecule has 1 aromatic rings. The molecular formula is C14H21N3O4. The Morgan fingerprint density at radius 2 is 2.10 bits per heavy atom. The SMILES string of the molecule is Cc1ccc([N+](=O)[O-])cc1NC(=O)NCC(O)CC(C)C. The second-order valence-corrected chi connectivity index (χ2v) is 5.37. The van der Waals surface area contributed by atoms with E-state index in [-0.39, 0.29) is 12.2 Å². The number of hydrogen-bond donors (Lipinski definition) is 3. The number of aliphatic hydroxyl groups excluding tert-OH is 1. The monoisotopic (exact) mass is 295 g/mol. The summed E-state index contributed by atoms with van der Waals surface area (Å²) in [6.45, 7) is 5.84. The van der Waals surface area contributed by atoms with Crippen molar-refractivity contribution in [2.75, 3.05) is 11.9 Å². The van der Waals surface area contributed by atoms with E-state index >= 15 is 0 Å². The topological polar surface area (TPSA) is 105 Å². The third-order valence-corrected chi connectivity index (χ3v) is 2.92. The molecule has 0 saturated carbocycles. The van der Waals surface area contributed by atoms with Crippen molar-refractivity contribution in [3.8, 4) is 0 Å².